The van der Waals surface area contributed by atoms with Crippen molar-refractivity contribution in [3.05, 3.63) is 35.0 Å². The summed E-state index contributed by atoms with van der Waals surface area (Å²) in [6.45, 7) is 3.28. The van der Waals surface area contributed by atoms with Crippen molar-refractivity contribution in [3.63, 3.8) is 0 Å². The standard InChI is InChI=1S/C15H16N2O4S/c1-3-10(2)21-13(18)9-17-14(19)12(22-15(17)20)7-11-5-4-6-16-8-11/h4-8,10H,3,9H2,1-2H3/b12-7+/t10-/m1/s1. The fourth-order valence-electron chi connectivity index (χ4n) is 1.72. The maximum Gasteiger partial charge on any atom is 0.326 e. The molecule has 0 unspecified atom stereocenters. The number of aromatic nitrogens is 1. The normalized spacial score (nSPS) is 17.9. The molecule has 0 aromatic carbocycles. The van der Waals surface area contributed by atoms with E-state index in [1.807, 2.05) is 6.92 Å². The first-order chi connectivity index (χ1) is 10.5. The number of pyridine rings is 1. The molecule has 2 heterocycles. The van der Waals surface area contributed by atoms with Crippen molar-refractivity contribution in [2.24, 2.45) is 0 Å². The first kappa shape index (κ1) is 16.2. The number of carbonyl (C=O) groups excluding carboxylic acids is 3. The molecular formula is C15H16N2O4S. The summed E-state index contributed by atoms with van der Waals surface area (Å²) in [7, 11) is 0. The van der Waals surface area contributed by atoms with E-state index >= 15 is 0 Å². The Morgan fingerprint density at radius 1 is 1.50 bits per heavy atom. The molecule has 0 spiro atoms. The summed E-state index contributed by atoms with van der Waals surface area (Å²) in [5.41, 5.74) is 0.718. The highest BCUT2D eigenvalue weighted by atomic mass is 32.2. The van der Waals surface area contributed by atoms with E-state index < -0.39 is 17.1 Å². The van der Waals surface area contributed by atoms with Crippen LogP contribution in [0.5, 0.6) is 0 Å². The Morgan fingerprint density at radius 3 is 2.91 bits per heavy atom. The largest absolute Gasteiger partial charge is 0.461 e. The van der Waals surface area contributed by atoms with Gasteiger partial charge < -0.3 is 4.74 Å². The lowest BCUT2D eigenvalue weighted by Gasteiger charge is -2.14. The van der Waals surface area contributed by atoms with E-state index in [0.29, 0.717) is 6.42 Å². The topological polar surface area (TPSA) is 76.6 Å². The minimum absolute atomic E-state index is 0.238. The van der Waals surface area contributed by atoms with Gasteiger partial charge in [-0.15, -0.1) is 0 Å². The summed E-state index contributed by atoms with van der Waals surface area (Å²) in [5, 5.41) is -0.471. The molecule has 1 saturated heterocycles. The van der Waals surface area contributed by atoms with E-state index in [1.54, 1.807) is 37.5 Å². The van der Waals surface area contributed by atoms with Crippen molar-refractivity contribution < 1.29 is 19.1 Å². The number of imide groups is 1. The van der Waals surface area contributed by atoms with E-state index in [9.17, 15) is 14.4 Å². The average molecular weight is 320 g/mol. The zero-order chi connectivity index (χ0) is 16.1. The van der Waals surface area contributed by atoms with Crippen molar-refractivity contribution in [1.29, 1.82) is 0 Å². The Labute approximate surface area is 132 Å². The van der Waals surface area contributed by atoms with Gasteiger partial charge in [-0.3, -0.25) is 24.3 Å². The van der Waals surface area contributed by atoms with Gasteiger partial charge in [0.1, 0.15) is 6.54 Å². The summed E-state index contributed by atoms with van der Waals surface area (Å²) in [6.07, 6.45) is 5.23. The number of thioether (sulfide) groups is 1. The van der Waals surface area contributed by atoms with Gasteiger partial charge in [-0.05, 0) is 42.8 Å². The lowest BCUT2D eigenvalue weighted by Crippen LogP contribution is -2.35. The predicted octanol–water partition coefficient (Wildman–Crippen LogP) is 2.46. The SMILES string of the molecule is CC[C@@H](C)OC(=O)CN1C(=O)S/C(=C/c2cccnc2)C1=O. The quantitative estimate of drug-likeness (QED) is 0.613. The van der Waals surface area contributed by atoms with Crippen LogP contribution in [0.1, 0.15) is 25.8 Å². The lowest BCUT2D eigenvalue weighted by atomic mass is 10.2. The van der Waals surface area contributed by atoms with Crippen LogP contribution in [-0.2, 0) is 14.3 Å². The maximum absolute atomic E-state index is 12.2. The highest BCUT2D eigenvalue weighted by Gasteiger charge is 2.36. The van der Waals surface area contributed by atoms with Gasteiger partial charge in [0.15, 0.2) is 0 Å². The second-order valence-corrected chi connectivity index (χ2v) is 5.76. The molecule has 1 aliphatic heterocycles. The molecule has 116 valence electrons. The Hall–Kier alpha value is -2.15. The Morgan fingerprint density at radius 2 is 2.27 bits per heavy atom. The molecule has 0 aliphatic carbocycles. The zero-order valence-corrected chi connectivity index (χ0v) is 13.1. The minimum Gasteiger partial charge on any atom is -0.461 e. The summed E-state index contributed by atoms with van der Waals surface area (Å²) < 4.78 is 5.09. The summed E-state index contributed by atoms with van der Waals surface area (Å²) in [6, 6.07) is 3.51. The molecule has 22 heavy (non-hydrogen) atoms. The number of nitrogens with zero attached hydrogens (tertiary/aromatic N) is 2. The van der Waals surface area contributed by atoms with E-state index in [1.165, 1.54) is 0 Å². The monoisotopic (exact) mass is 320 g/mol. The third-order valence-corrected chi connectivity index (χ3v) is 3.96. The molecule has 2 rings (SSSR count). The lowest BCUT2D eigenvalue weighted by molar-refractivity contribution is -0.150. The van der Waals surface area contributed by atoms with Gasteiger partial charge >= 0.3 is 5.97 Å². The molecule has 0 radical (unpaired) electrons. The summed E-state index contributed by atoms with van der Waals surface area (Å²) in [5.74, 6) is -1.07. The number of ether oxygens (including phenoxy) is 1. The third-order valence-electron chi connectivity index (χ3n) is 3.05. The second-order valence-electron chi connectivity index (χ2n) is 4.76. The zero-order valence-electron chi connectivity index (χ0n) is 12.3. The molecule has 0 bridgehead atoms. The van der Waals surface area contributed by atoms with Crippen molar-refractivity contribution >= 4 is 35.0 Å². The highest BCUT2D eigenvalue weighted by molar-refractivity contribution is 8.18. The van der Waals surface area contributed by atoms with Gasteiger partial charge in [-0.2, -0.15) is 0 Å². The fraction of sp³-hybridized carbons (Fsp3) is 0.333. The highest BCUT2D eigenvalue weighted by Crippen LogP contribution is 2.31. The summed E-state index contributed by atoms with van der Waals surface area (Å²) in [4.78, 5) is 40.9. The number of esters is 1. The van der Waals surface area contributed by atoms with Crippen LogP contribution in [0.4, 0.5) is 4.79 Å². The molecule has 1 aliphatic rings. The van der Waals surface area contributed by atoms with Crippen LogP contribution in [-0.4, -0.2) is 39.6 Å². The van der Waals surface area contributed by atoms with E-state index in [2.05, 4.69) is 4.98 Å². The van der Waals surface area contributed by atoms with Crippen LogP contribution in [0.3, 0.4) is 0 Å². The van der Waals surface area contributed by atoms with Gasteiger partial charge in [0.2, 0.25) is 0 Å². The van der Waals surface area contributed by atoms with E-state index in [4.69, 9.17) is 4.74 Å². The minimum atomic E-state index is -0.584. The number of carbonyl (C=O) groups is 3. The molecule has 1 atom stereocenters. The van der Waals surface area contributed by atoms with Gasteiger partial charge in [0, 0.05) is 12.4 Å². The third kappa shape index (κ3) is 3.94. The molecule has 1 fully saturated rings. The smallest absolute Gasteiger partial charge is 0.326 e. The van der Waals surface area contributed by atoms with Gasteiger partial charge in [0.05, 0.1) is 11.0 Å². The second kappa shape index (κ2) is 7.22. The molecule has 0 N–H and O–H groups in total. The Balaban J connectivity index is 2.06. The van der Waals surface area contributed by atoms with Gasteiger partial charge in [0.25, 0.3) is 11.1 Å². The van der Waals surface area contributed by atoms with Crippen LogP contribution >= 0.6 is 11.8 Å². The number of hydrogen-bond donors (Lipinski definition) is 0. The summed E-state index contributed by atoms with van der Waals surface area (Å²) >= 11 is 0.806. The van der Waals surface area contributed by atoms with Crippen LogP contribution in [0, 0.1) is 0 Å². The predicted molar refractivity (Wildman–Crippen MR) is 82.8 cm³/mol. The first-order valence-corrected chi connectivity index (χ1v) is 7.67. The Bertz CT molecular complexity index is 615. The molecule has 0 saturated carbocycles. The molecule has 1 aromatic rings. The number of amides is 2. The number of rotatable bonds is 5. The van der Waals surface area contributed by atoms with Crippen molar-refractivity contribution in [3.8, 4) is 0 Å². The molecular weight excluding hydrogens is 304 g/mol. The molecule has 7 heteroatoms. The van der Waals surface area contributed by atoms with Gasteiger partial charge in [-0.25, -0.2) is 0 Å². The fourth-order valence-corrected chi connectivity index (χ4v) is 2.56. The average Bonchev–Trinajstić information content (AvgIpc) is 2.75. The van der Waals surface area contributed by atoms with Crippen molar-refractivity contribution in [2.45, 2.75) is 26.4 Å². The van der Waals surface area contributed by atoms with Gasteiger partial charge in [-0.1, -0.05) is 13.0 Å². The number of hydrogen-bond acceptors (Lipinski definition) is 6. The van der Waals surface area contributed by atoms with Crippen LogP contribution < -0.4 is 0 Å². The van der Waals surface area contributed by atoms with Crippen LogP contribution in [0.2, 0.25) is 0 Å². The molecule has 2 amide bonds. The Kier molecular flexibility index (Phi) is 5.32. The van der Waals surface area contributed by atoms with Crippen molar-refractivity contribution in [1.82, 2.24) is 9.88 Å². The maximum atomic E-state index is 12.2. The molecule has 6 nitrogen and oxygen atoms in total. The van der Waals surface area contributed by atoms with Crippen LogP contribution in [0.15, 0.2) is 29.4 Å². The van der Waals surface area contributed by atoms with E-state index in [-0.39, 0.29) is 17.6 Å². The first-order valence-electron chi connectivity index (χ1n) is 6.86. The molecule has 1 aromatic heterocycles. The van der Waals surface area contributed by atoms with Crippen LogP contribution in [0.25, 0.3) is 6.08 Å². The van der Waals surface area contributed by atoms with Crippen molar-refractivity contribution in [2.75, 3.05) is 6.54 Å². The van der Waals surface area contributed by atoms with E-state index in [0.717, 1.165) is 22.2 Å².